The summed E-state index contributed by atoms with van der Waals surface area (Å²) in [7, 11) is 0. The highest BCUT2D eigenvalue weighted by molar-refractivity contribution is 4.62. The van der Waals surface area contributed by atoms with Crippen molar-refractivity contribution in [2.45, 2.75) is 51.6 Å². The molecule has 0 heterocycles. The smallest absolute Gasteiger partial charge is 0.151 e. The Morgan fingerprint density at radius 3 is 2.23 bits per heavy atom. The van der Waals surface area contributed by atoms with Crippen LogP contribution in [0, 0.1) is 0 Å². The van der Waals surface area contributed by atoms with E-state index in [0.717, 1.165) is 6.42 Å². The van der Waals surface area contributed by atoms with Gasteiger partial charge in [0.25, 0.3) is 0 Å². The van der Waals surface area contributed by atoms with E-state index in [1.54, 1.807) is 0 Å². The van der Waals surface area contributed by atoms with E-state index in [2.05, 4.69) is 0 Å². The van der Waals surface area contributed by atoms with Crippen LogP contribution in [0.5, 0.6) is 0 Å². The van der Waals surface area contributed by atoms with E-state index < -0.39 is 18.5 Å². The van der Waals surface area contributed by atoms with Gasteiger partial charge < -0.3 is 20.1 Å². The molecule has 0 saturated carbocycles. The zero-order chi connectivity index (χ0) is 10.3. The third-order valence-electron chi connectivity index (χ3n) is 1.70. The third-order valence-corrected chi connectivity index (χ3v) is 1.70. The minimum atomic E-state index is -0.863. The number of hydrogen-bond donors (Lipinski definition) is 3. The SMILES string of the molecule is CCC[C@@H](O)C[C@H](O)COC(C)O. The van der Waals surface area contributed by atoms with Gasteiger partial charge in [-0.25, -0.2) is 0 Å². The molecule has 0 spiro atoms. The van der Waals surface area contributed by atoms with Gasteiger partial charge in [0.1, 0.15) is 0 Å². The molecule has 0 amide bonds. The molecule has 4 heteroatoms. The maximum atomic E-state index is 9.31. The van der Waals surface area contributed by atoms with E-state index in [1.807, 2.05) is 6.92 Å². The van der Waals surface area contributed by atoms with Gasteiger partial charge in [-0.2, -0.15) is 0 Å². The Balaban J connectivity index is 3.43. The molecule has 0 bridgehead atoms. The van der Waals surface area contributed by atoms with Crippen molar-refractivity contribution in [1.29, 1.82) is 0 Å². The minimum absolute atomic E-state index is 0.0679. The first kappa shape index (κ1) is 12.8. The molecule has 0 saturated heterocycles. The zero-order valence-electron chi connectivity index (χ0n) is 8.31. The van der Waals surface area contributed by atoms with Crippen LogP contribution < -0.4 is 0 Å². The Morgan fingerprint density at radius 1 is 1.15 bits per heavy atom. The zero-order valence-corrected chi connectivity index (χ0v) is 8.31. The topological polar surface area (TPSA) is 69.9 Å². The largest absolute Gasteiger partial charge is 0.393 e. The first-order chi connectivity index (χ1) is 6.06. The van der Waals surface area contributed by atoms with Gasteiger partial charge >= 0.3 is 0 Å². The van der Waals surface area contributed by atoms with Gasteiger partial charge in [-0.15, -0.1) is 0 Å². The van der Waals surface area contributed by atoms with Gasteiger partial charge in [-0.1, -0.05) is 13.3 Å². The first-order valence-electron chi connectivity index (χ1n) is 4.72. The molecule has 0 aromatic heterocycles. The second-order valence-electron chi connectivity index (χ2n) is 3.26. The number of aliphatic hydroxyl groups is 3. The summed E-state index contributed by atoms with van der Waals surface area (Å²) in [6.07, 6.45) is -0.149. The summed E-state index contributed by atoms with van der Waals surface area (Å²) in [5.74, 6) is 0. The predicted molar refractivity (Wildman–Crippen MR) is 49.2 cm³/mol. The predicted octanol–water partition coefficient (Wildman–Crippen LogP) is 0.253. The van der Waals surface area contributed by atoms with Crippen molar-refractivity contribution < 1.29 is 20.1 Å². The molecule has 13 heavy (non-hydrogen) atoms. The van der Waals surface area contributed by atoms with Gasteiger partial charge in [0, 0.05) is 6.42 Å². The van der Waals surface area contributed by atoms with Gasteiger partial charge in [-0.05, 0) is 13.3 Å². The Bertz CT molecular complexity index is 116. The number of hydrogen-bond acceptors (Lipinski definition) is 4. The molecule has 3 atom stereocenters. The van der Waals surface area contributed by atoms with Crippen molar-refractivity contribution in [3.8, 4) is 0 Å². The van der Waals surface area contributed by atoms with E-state index in [9.17, 15) is 10.2 Å². The van der Waals surface area contributed by atoms with Gasteiger partial charge in [0.15, 0.2) is 6.29 Å². The molecule has 0 radical (unpaired) electrons. The third kappa shape index (κ3) is 8.18. The fourth-order valence-corrected chi connectivity index (χ4v) is 1.08. The minimum Gasteiger partial charge on any atom is -0.393 e. The van der Waals surface area contributed by atoms with Crippen LogP contribution >= 0.6 is 0 Å². The molecule has 0 aliphatic carbocycles. The lowest BCUT2D eigenvalue weighted by Crippen LogP contribution is -2.24. The fraction of sp³-hybridized carbons (Fsp3) is 1.00. The van der Waals surface area contributed by atoms with Crippen molar-refractivity contribution >= 4 is 0 Å². The Kier molecular flexibility index (Phi) is 7.17. The Labute approximate surface area is 79.2 Å². The molecule has 80 valence electrons. The monoisotopic (exact) mass is 192 g/mol. The maximum Gasteiger partial charge on any atom is 0.151 e. The summed E-state index contributed by atoms with van der Waals surface area (Å²) < 4.78 is 4.78. The molecule has 0 fully saturated rings. The number of rotatable bonds is 7. The summed E-state index contributed by atoms with van der Waals surface area (Å²) >= 11 is 0. The second-order valence-corrected chi connectivity index (χ2v) is 3.26. The summed E-state index contributed by atoms with van der Waals surface area (Å²) in [5.41, 5.74) is 0. The van der Waals surface area contributed by atoms with Crippen molar-refractivity contribution in [2.24, 2.45) is 0 Å². The molecule has 1 unspecified atom stereocenters. The summed E-state index contributed by atoms with van der Waals surface area (Å²) in [6.45, 7) is 3.52. The first-order valence-corrected chi connectivity index (χ1v) is 4.72. The Hall–Kier alpha value is -0.160. The average Bonchev–Trinajstić information content (AvgIpc) is 2.01. The highest BCUT2D eigenvalue weighted by Crippen LogP contribution is 2.05. The molecule has 0 aliphatic heterocycles. The Morgan fingerprint density at radius 2 is 1.77 bits per heavy atom. The standard InChI is InChI=1S/C9H20O4/c1-3-4-8(11)5-9(12)6-13-7(2)10/h7-12H,3-6H2,1-2H3/t7?,8-,9+/m1/s1. The fourth-order valence-electron chi connectivity index (χ4n) is 1.08. The highest BCUT2D eigenvalue weighted by atomic mass is 16.6. The summed E-state index contributed by atoms with van der Waals surface area (Å²) in [5, 5.41) is 27.3. The molecule has 4 nitrogen and oxygen atoms in total. The van der Waals surface area contributed by atoms with Crippen LogP contribution in [0.15, 0.2) is 0 Å². The van der Waals surface area contributed by atoms with Crippen molar-refractivity contribution in [1.82, 2.24) is 0 Å². The lowest BCUT2D eigenvalue weighted by Gasteiger charge is -2.16. The van der Waals surface area contributed by atoms with Crippen LogP contribution in [0.4, 0.5) is 0 Å². The second kappa shape index (κ2) is 7.26. The van der Waals surface area contributed by atoms with E-state index in [1.165, 1.54) is 6.92 Å². The van der Waals surface area contributed by atoms with Crippen LogP contribution in [0.25, 0.3) is 0 Å². The van der Waals surface area contributed by atoms with Crippen molar-refractivity contribution in [3.63, 3.8) is 0 Å². The molecule has 3 N–H and O–H groups in total. The van der Waals surface area contributed by atoms with Crippen LogP contribution in [0.3, 0.4) is 0 Å². The van der Waals surface area contributed by atoms with Gasteiger partial charge in [0.05, 0.1) is 18.8 Å². The highest BCUT2D eigenvalue weighted by Gasteiger charge is 2.11. The van der Waals surface area contributed by atoms with Crippen LogP contribution in [-0.4, -0.2) is 40.4 Å². The molecular formula is C9H20O4. The van der Waals surface area contributed by atoms with Crippen LogP contribution in [-0.2, 0) is 4.74 Å². The molecule has 0 aromatic carbocycles. The lowest BCUT2D eigenvalue weighted by atomic mass is 10.1. The van der Waals surface area contributed by atoms with Crippen LogP contribution in [0.1, 0.15) is 33.1 Å². The average molecular weight is 192 g/mol. The molecular weight excluding hydrogens is 172 g/mol. The van der Waals surface area contributed by atoms with E-state index >= 15 is 0 Å². The van der Waals surface area contributed by atoms with E-state index in [4.69, 9.17) is 9.84 Å². The van der Waals surface area contributed by atoms with Gasteiger partial charge in [0.2, 0.25) is 0 Å². The summed E-state index contributed by atoms with van der Waals surface area (Å²) in [4.78, 5) is 0. The normalized spacial score (nSPS) is 18.2. The molecule has 0 rings (SSSR count). The number of aliphatic hydroxyl groups excluding tert-OH is 3. The maximum absolute atomic E-state index is 9.31. The number of ether oxygens (including phenoxy) is 1. The van der Waals surface area contributed by atoms with Crippen LogP contribution in [0.2, 0.25) is 0 Å². The van der Waals surface area contributed by atoms with Gasteiger partial charge in [-0.3, -0.25) is 0 Å². The van der Waals surface area contributed by atoms with E-state index in [0.29, 0.717) is 12.8 Å². The lowest BCUT2D eigenvalue weighted by molar-refractivity contribution is -0.114. The van der Waals surface area contributed by atoms with Crippen molar-refractivity contribution in [3.05, 3.63) is 0 Å². The molecule has 0 aliphatic rings. The van der Waals surface area contributed by atoms with E-state index in [-0.39, 0.29) is 6.61 Å². The van der Waals surface area contributed by atoms with Crippen molar-refractivity contribution in [2.75, 3.05) is 6.61 Å². The molecule has 0 aromatic rings. The summed E-state index contributed by atoms with van der Waals surface area (Å²) in [6, 6.07) is 0. The quantitative estimate of drug-likeness (QED) is 0.506.